The minimum Gasteiger partial charge on any atom is -0.465 e. The third-order valence-corrected chi connectivity index (χ3v) is 27.2. The second kappa shape index (κ2) is 53.0. The summed E-state index contributed by atoms with van der Waals surface area (Å²) in [4.78, 5) is 112. The van der Waals surface area contributed by atoms with Gasteiger partial charge in [-0.25, -0.2) is 0 Å². The topological polar surface area (TPSA) is 262 Å². The molecule has 0 N–H and O–H groups in total. The van der Waals surface area contributed by atoms with Crippen molar-refractivity contribution in [1.82, 2.24) is 0 Å². The van der Waals surface area contributed by atoms with E-state index in [1.807, 2.05) is 20.8 Å². The van der Waals surface area contributed by atoms with Crippen LogP contribution in [-0.2, 0) is 95.3 Å². The van der Waals surface area contributed by atoms with E-state index in [-0.39, 0.29) is 100 Å². The predicted molar refractivity (Wildman–Crippen MR) is 444 cm³/mol. The number of carbonyl (C=O) groups excluding carboxylic acids is 9. The van der Waals surface area contributed by atoms with Crippen molar-refractivity contribution in [2.24, 2.45) is 88.8 Å². The van der Waals surface area contributed by atoms with Crippen molar-refractivity contribution in [3.05, 3.63) is 0 Å². The fraction of sp³-hybridized carbons (Fsp3) is 0.905. The molecule has 4 unspecified atom stereocenters. The molecule has 8 aliphatic carbocycles. The molecule has 8 saturated carbocycles. The number of esters is 9. The highest BCUT2D eigenvalue weighted by atomic mass is 16.6. The molecule has 20 nitrogen and oxygen atoms in total. The van der Waals surface area contributed by atoms with Crippen LogP contribution < -0.4 is 0 Å². The quantitative estimate of drug-likeness (QED) is 0.0240. The summed E-state index contributed by atoms with van der Waals surface area (Å²) in [6, 6.07) is 0. The van der Waals surface area contributed by atoms with Crippen molar-refractivity contribution in [2.75, 3.05) is 66.1 Å². The maximum absolute atomic E-state index is 12.7. The summed E-state index contributed by atoms with van der Waals surface area (Å²) in [5, 5.41) is 0. The van der Waals surface area contributed by atoms with Crippen LogP contribution in [-0.4, -0.2) is 137 Å². The molecule has 0 radical (unpaired) electrons. The van der Waals surface area contributed by atoms with Crippen molar-refractivity contribution < 1.29 is 95.3 Å². The summed E-state index contributed by atoms with van der Waals surface area (Å²) in [6.45, 7) is 24.4. The Hall–Kier alpha value is -4.85. The molecule has 20 heteroatoms. The molecule has 2 saturated heterocycles. The number of hydrogen-bond acceptors (Lipinski definition) is 20. The van der Waals surface area contributed by atoms with Crippen LogP contribution in [0.3, 0.4) is 0 Å². The summed E-state index contributed by atoms with van der Waals surface area (Å²) in [7, 11) is 0. The van der Waals surface area contributed by atoms with E-state index in [1.54, 1.807) is 0 Å². The van der Waals surface area contributed by atoms with Gasteiger partial charge in [0.25, 0.3) is 0 Å². The number of hydrogen-bond donors (Lipinski definition) is 0. The first-order chi connectivity index (χ1) is 55.5. The monoisotopic (exact) mass is 1620 g/mol. The molecule has 10 aliphatic rings. The smallest absolute Gasteiger partial charge is 0.309 e. The van der Waals surface area contributed by atoms with Gasteiger partial charge in [-0.05, 0) is 255 Å². The average molecular weight is 1620 g/mol. The third kappa shape index (κ3) is 37.0. The molecule has 10 rings (SSSR count). The first kappa shape index (κ1) is 97.3. The second-order valence-electron chi connectivity index (χ2n) is 37.9. The molecule has 4 atom stereocenters. The van der Waals surface area contributed by atoms with E-state index in [0.717, 1.165) is 219 Å². The van der Waals surface area contributed by atoms with Crippen molar-refractivity contribution >= 4 is 53.7 Å². The SMILES string of the molecule is CCCCC(CC)COC(=O)C1CCC(C(=O)OCC(CC)CCCC)CC1.CCCCCCOC(=O)C1CC(C(=O)OCCCCCC)CC(C(=O)OC(C)(C)C)C1.O=C(OCC1CCC2(CC1)CO2)C1CCC(C(=O)OCC2CCC3(CC2)CO3)CC1.O=C(OCC1CCCCC1)C1CCC(C(=O)OCC2CCCCC2)CC1. The Morgan fingerprint density at radius 2 is 0.565 bits per heavy atom. The van der Waals surface area contributed by atoms with E-state index in [4.69, 9.17) is 52.1 Å². The lowest BCUT2D eigenvalue weighted by Gasteiger charge is -2.33. The molecule has 0 aromatic rings. The molecule has 660 valence electrons. The normalized spacial score (nSPS) is 28.6. The Kier molecular flexibility index (Phi) is 44.9. The number of carbonyl (C=O) groups is 9. The van der Waals surface area contributed by atoms with Crippen molar-refractivity contribution in [2.45, 2.75) is 394 Å². The van der Waals surface area contributed by atoms with Crippen molar-refractivity contribution in [3.63, 3.8) is 0 Å². The summed E-state index contributed by atoms with van der Waals surface area (Å²) >= 11 is 0. The van der Waals surface area contributed by atoms with Gasteiger partial charge in [0.05, 0.1) is 131 Å². The highest BCUT2D eigenvalue weighted by molar-refractivity contribution is 5.81. The lowest BCUT2D eigenvalue weighted by molar-refractivity contribution is -0.167. The van der Waals surface area contributed by atoms with Crippen LogP contribution >= 0.6 is 0 Å². The van der Waals surface area contributed by atoms with Crippen LogP contribution in [0.15, 0.2) is 0 Å². The molecule has 0 bridgehead atoms. The summed E-state index contributed by atoms with van der Waals surface area (Å²) in [6.07, 6.45) is 48.9. The number of unbranched alkanes of at least 4 members (excludes halogenated alkanes) is 8. The van der Waals surface area contributed by atoms with Crippen LogP contribution in [0.2, 0.25) is 0 Å². The Labute approximate surface area is 694 Å². The summed E-state index contributed by atoms with van der Waals surface area (Å²) in [5.74, 6) is 0.0865. The number of ether oxygens (including phenoxy) is 11. The minimum atomic E-state index is -0.612. The molecule has 2 aliphatic heterocycles. The minimum absolute atomic E-state index is 0.0130. The molecule has 2 spiro atoms. The predicted octanol–water partition coefficient (Wildman–Crippen LogP) is 20.8. The maximum Gasteiger partial charge on any atom is 0.309 e. The Balaban J connectivity index is 0.000000213. The van der Waals surface area contributed by atoms with Gasteiger partial charge in [0.1, 0.15) is 5.60 Å². The van der Waals surface area contributed by atoms with Gasteiger partial charge in [-0.3, -0.25) is 43.2 Å². The highest BCUT2D eigenvalue weighted by Gasteiger charge is 2.49. The zero-order valence-corrected chi connectivity index (χ0v) is 73.5. The van der Waals surface area contributed by atoms with Gasteiger partial charge < -0.3 is 52.1 Å². The van der Waals surface area contributed by atoms with Gasteiger partial charge in [0.15, 0.2) is 0 Å². The van der Waals surface area contributed by atoms with Crippen molar-refractivity contribution in [3.8, 4) is 0 Å². The lowest BCUT2D eigenvalue weighted by Crippen LogP contribution is -2.39. The lowest BCUT2D eigenvalue weighted by atomic mass is 9.75. The van der Waals surface area contributed by atoms with Gasteiger partial charge in [-0.2, -0.15) is 0 Å². The zero-order chi connectivity index (χ0) is 82.9. The molecular formula is C95H160O20. The second-order valence-corrected chi connectivity index (χ2v) is 37.9. The molecule has 0 amide bonds. The first-order valence-electron chi connectivity index (χ1n) is 47.3. The Bertz CT molecular complexity index is 2610. The van der Waals surface area contributed by atoms with Gasteiger partial charge in [0, 0.05) is 0 Å². The van der Waals surface area contributed by atoms with E-state index in [0.29, 0.717) is 108 Å². The first-order valence-corrected chi connectivity index (χ1v) is 47.3. The Morgan fingerprint density at radius 1 is 0.304 bits per heavy atom. The van der Waals surface area contributed by atoms with E-state index < -0.39 is 23.4 Å². The van der Waals surface area contributed by atoms with E-state index in [1.165, 1.54) is 89.9 Å². The van der Waals surface area contributed by atoms with Crippen molar-refractivity contribution in [1.29, 1.82) is 0 Å². The maximum atomic E-state index is 12.7. The fourth-order valence-electron chi connectivity index (χ4n) is 18.5. The Morgan fingerprint density at radius 3 is 0.826 bits per heavy atom. The van der Waals surface area contributed by atoms with Gasteiger partial charge in [-0.1, -0.05) is 157 Å². The molecule has 0 aromatic heterocycles. The van der Waals surface area contributed by atoms with Gasteiger partial charge in [0.2, 0.25) is 0 Å². The van der Waals surface area contributed by atoms with Crippen LogP contribution in [0.4, 0.5) is 0 Å². The standard InChI is InChI=1S/C25H44O6.C24H36O6.C24H44O4.C22H36O4/c1-6-8-10-12-14-29-22(26)19-16-20(23(27)30-15-13-11-9-7-2)18-21(17-19)24(28)31-25(3,4)5;25-21(27-13-17-5-9-23(10-6-17)15-29-23)19-1-2-20(4-3-19)22(26)28-14-18-7-11-24(12-8-18)16-30-24;1-5-9-11-19(7-3)17-27-23(25)21-13-15-22(16-14-21)24(26)28-18-20(8-4)12-10-6-2;23-21(25-15-17-7-3-1-4-8-17)19-11-13-20(14-12-19)22(24)26-16-18-9-5-2-6-10-18/h19-21H,6-18H2,1-5H3;17-20H,1-16H2;19-22H,5-18H2,1-4H3;17-20H,1-16H2. The molecular weight excluding hydrogens is 1460 g/mol. The number of epoxide rings is 2. The van der Waals surface area contributed by atoms with Gasteiger partial charge >= 0.3 is 53.7 Å². The van der Waals surface area contributed by atoms with E-state index >= 15 is 0 Å². The van der Waals surface area contributed by atoms with Gasteiger partial charge in [-0.15, -0.1) is 0 Å². The molecule has 2 heterocycles. The summed E-state index contributed by atoms with van der Waals surface area (Å²) in [5.41, 5.74) is -0.227. The third-order valence-electron chi connectivity index (χ3n) is 27.2. The molecule has 0 aromatic carbocycles. The summed E-state index contributed by atoms with van der Waals surface area (Å²) < 4.78 is 61.2. The van der Waals surface area contributed by atoms with Crippen LogP contribution in [0, 0.1) is 88.8 Å². The highest BCUT2D eigenvalue weighted by Crippen LogP contribution is 2.46. The number of rotatable bonds is 39. The molecule has 115 heavy (non-hydrogen) atoms. The zero-order valence-electron chi connectivity index (χ0n) is 73.5. The van der Waals surface area contributed by atoms with Crippen LogP contribution in [0.5, 0.6) is 0 Å². The average Bonchev–Trinajstić information content (AvgIpc) is 1.70. The van der Waals surface area contributed by atoms with E-state index in [9.17, 15) is 43.2 Å². The van der Waals surface area contributed by atoms with E-state index in [2.05, 4.69) is 41.5 Å². The fourth-order valence-corrected chi connectivity index (χ4v) is 18.5. The van der Waals surface area contributed by atoms with Crippen LogP contribution in [0.1, 0.15) is 377 Å². The largest absolute Gasteiger partial charge is 0.465 e. The molecule has 10 fully saturated rings. The van der Waals surface area contributed by atoms with Crippen LogP contribution in [0.25, 0.3) is 0 Å².